The zero-order valence-electron chi connectivity index (χ0n) is 9.24. The smallest absolute Gasteiger partial charge is 0.387 e. The molecule has 0 saturated carbocycles. The zero-order valence-corrected chi connectivity index (χ0v) is 9.24. The van der Waals surface area contributed by atoms with Gasteiger partial charge in [-0.3, -0.25) is 4.84 Å². The number of halogens is 3. The number of hydrogen-bond donors (Lipinski definition) is 2. The Labute approximate surface area is 102 Å². The fraction of sp³-hybridized carbons (Fsp3) is 0.364. The molecule has 0 aromatic heterocycles. The molecule has 1 aromatic rings. The van der Waals surface area contributed by atoms with Gasteiger partial charge in [-0.05, 0) is 17.7 Å². The van der Waals surface area contributed by atoms with Gasteiger partial charge in [-0.25, -0.2) is 0 Å². The van der Waals surface area contributed by atoms with Crippen LogP contribution in [0.1, 0.15) is 17.2 Å². The number of rotatable bonds is 5. The zero-order chi connectivity index (χ0) is 13.6. The lowest BCUT2D eigenvalue weighted by molar-refractivity contribution is -0.191. The maximum Gasteiger partial charge on any atom is 0.413 e. The highest BCUT2D eigenvalue weighted by molar-refractivity contribution is 5.32. The number of hydroxylamine groups is 1. The molecule has 0 radical (unpaired) electrons. The highest BCUT2D eigenvalue weighted by atomic mass is 19.4. The average molecular weight is 260 g/mol. The van der Waals surface area contributed by atoms with Gasteiger partial charge in [0.25, 0.3) is 0 Å². The summed E-state index contributed by atoms with van der Waals surface area (Å²) < 4.78 is 35.2. The van der Waals surface area contributed by atoms with Crippen molar-refractivity contribution in [1.82, 2.24) is 5.48 Å². The van der Waals surface area contributed by atoms with E-state index >= 15 is 0 Å². The molecule has 18 heavy (non-hydrogen) atoms. The molecule has 0 saturated heterocycles. The van der Waals surface area contributed by atoms with Crippen LogP contribution in [0.3, 0.4) is 0 Å². The molecule has 4 nitrogen and oxygen atoms in total. The molecular weight excluding hydrogens is 249 g/mol. The minimum Gasteiger partial charge on any atom is -0.387 e. The van der Waals surface area contributed by atoms with E-state index < -0.39 is 18.9 Å². The van der Waals surface area contributed by atoms with Crippen LogP contribution in [0.4, 0.5) is 13.2 Å². The van der Waals surface area contributed by atoms with E-state index in [9.17, 15) is 18.3 Å². The maximum atomic E-state index is 11.7. The lowest BCUT2D eigenvalue weighted by Gasteiger charge is -2.13. The molecule has 1 aromatic carbocycles. The summed E-state index contributed by atoms with van der Waals surface area (Å²) in [5.41, 5.74) is 2.95. The number of alkyl halides is 3. The summed E-state index contributed by atoms with van der Waals surface area (Å²) in [6, 6.07) is 7.98. The number of benzene rings is 1. The van der Waals surface area contributed by atoms with Gasteiger partial charge in [0.05, 0.1) is 24.3 Å². The molecule has 0 aliphatic heterocycles. The van der Waals surface area contributed by atoms with Crippen molar-refractivity contribution >= 4 is 0 Å². The molecule has 0 aliphatic carbocycles. The van der Waals surface area contributed by atoms with Crippen molar-refractivity contribution in [2.24, 2.45) is 0 Å². The molecule has 7 heteroatoms. The van der Waals surface area contributed by atoms with Crippen LogP contribution >= 0.6 is 0 Å². The van der Waals surface area contributed by atoms with E-state index in [0.29, 0.717) is 11.1 Å². The Bertz CT molecular complexity index is 412. The summed E-state index contributed by atoms with van der Waals surface area (Å²) >= 11 is 0. The van der Waals surface area contributed by atoms with Gasteiger partial charge in [-0.2, -0.15) is 23.9 Å². The van der Waals surface area contributed by atoms with E-state index in [0.717, 1.165) is 0 Å². The quantitative estimate of drug-likeness (QED) is 0.624. The van der Waals surface area contributed by atoms with Gasteiger partial charge >= 0.3 is 6.18 Å². The second-order valence-electron chi connectivity index (χ2n) is 3.50. The van der Waals surface area contributed by atoms with Gasteiger partial charge in [0.2, 0.25) is 0 Å². The predicted octanol–water partition coefficient (Wildman–Crippen LogP) is 1.68. The molecule has 1 unspecified atom stereocenters. The van der Waals surface area contributed by atoms with Gasteiger partial charge in [0.1, 0.15) is 0 Å². The van der Waals surface area contributed by atoms with Crippen molar-refractivity contribution in [3.05, 3.63) is 35.4 Å². The third-order valence-electron chi connectivity index (χ3n) is 2.04. The molecule has 1 rings (SSSR count). The van der Waals surface area contributed by atoms with Crippen LogP contribution in [0, 0.1) is 11.3 Å². The Hall–Kier alpha value is -1.62. The topological polar surface area (TPSA) is 65.3 Å². The first-order valence-electron chi connectivity index (χ1n) is 5.02. The molecular formula is C11H11F3N2O2. The van der Waals surface area contributed by atoms with E-state index in [4.69, 9.17) is 5.26 Å². The fourth-order valence-electron chi connectivity index (χ4n) is 1.17. The lowest BCUT2D eigenvalue weighted by Crippen LogP contribution is -2.28. The molecule has 0 amide bonds. The van der Waals surface area contributed by atoms with E-state index in [-0.39, 0.29) is 6.54 Å². The normalized spacial score (nSPS) is 13.1. The van der Waals surface area contributed by atoms with Gasteiger partial charge in [-0.15, -0.1) is 0 Å². The first kappa shape index (κ1) is 14.4. The van der Waals surface area contributed by atoms with E-state index in [1.54, 1.807) is 0 Å². The summed E-state index contributed by atoms with van der Waals surface area (Å²) in [6.45, 7) is -1.60. The number of aliphatic hydroxyl groups is 1. The largest absolute Gasteiger partial charge is 0.413 e. The monoisotopic (exact) mass is 260 g/mol. The number of nitrogens with one attached hydrogen (secondary N) is 1. The van der Waals surface area contributed by atoms with Gasteiger partial charge < -0.3 is 5.11 Å². The summed E-state index contributed by atoms with van der Waals surface area (Å²) in [6.07, 6.45) is -5.42. The number of nitriles is 1. The molecule has 0 heterocycles. The molecule has 0 spiro atoms. The lowest BCUT2D eigenvalue weighted by atomic mass is 10.1. The van der Waals surface area contributed by atoms with Crippen LogP contribution in [0.15, 0.2) is 24.3 Å². The Balaban J connectivity index is 2.36. The molecule has 98 valence electrons. The molecule has 0 bridgehead atoms. The van der Waals surface area contributed by atoms with Crippen LogP contribution in [0.5, 0.6) is 0 Å². The minimum atomic E-state index is -4.41. The molecule has 2 N–H and O–H groups in total. The van der Waals surface area contributed by atoms with E-state index in [1.165, 1.54) is 24.3 Å². The first-order chi connectivity index (χ1) is 8.42. The summed E-state index contributed by atoms with van der Waals surface area (Å²) in [4.78, 5) is 4.15. The highest BCUT2D eigenvalue weighted by Gasteiger charge is 2.27. The van der Waals surface area contributed by atoms with Crippen molar-refractivity contribution < 1.29 is 23.1 Å². The van der Waals surface area contributed by atoms with Crippen LogP contribution in [0.25, 0.3) is 0 Å². The van der Waals surface area contributed by atoms with Gasteiger partial charge in [0, 0.05) is 0 Å². The van der Waals surface area contributed by atoms with Gasteiger partial charge in [-0.1, -0.05) is 12.1 Å². The maximum absolute atomic E-state index is 11.7. The average Bonchev–Trinajstić information content (AvgIpc) is 2.33. The fourth-order valence-corrected chi connectivity index (χ4v) is 1.17. The molecule has 0 fully saturated rings. The van der Waals surface area contributed by atoms with Crippen molar-refractivity contribution in [3.8, 4) is 6.07 Å². The Morgan fingerprint density at radius 2 is 1.94 bits per heavy atom. The number of hydrogen-bond acceptors (Lipinski definition) is 4. The minimum absolute atomic E-state index is 0.179. The number of nitrogens with zero attached hydrogens (tertiary/aromatic N) is 1. The predicted molar refractivity (Wildman–Crippen MR) is 56.1 cm³/mol. The van der Waals surface area contributed by atoms with E-state index in [2.05, 4.69) is 4.84 Å². The third-order valence-corrected chi connectivity index (χ3v) is 2.04. The SMILES string of the molecule is N#Cc1ccc(C(O)CNOCC(F)(F)F)cc1. The first-order valence-corrected chi connectivity index (χ1v) is 5.02. The Morgan fingerprint density at radius 1 is 1.33 bits per heavy atom. The molecule has 1 atom stereocenters. The molecule has 0 aliphatic rings. The summed E-state index contributed by atoms with van der Waals surface area (Å²) in [7, 11) is 0. The van der Waals surface area contributed by atoms with Crippen molar-refractivity contribution in [2.75, 3.05) is 13.2 Å². The standard InChI is InChI=1S/C11H11F3N2O2/c12-11(13,14)7-18-16-6-10(17)9-3-1-8(5-15)2-4-9/h1-4,10,16-17H,6-7H2. The van der Waals surface area contributed by atoms with Crippen LogP contribution in [-0.4, -0.2) is 24.4 Å². The number of aliphatic hydroxyl groups excluding tert-OH is 1. The van der Waals surface area contributed by atoms with Crippen molar-refractivity contribution in [2.45, 2.75) is 12.3 Å². The van der Waals surface area contributed by atoms with Crippen molar-refractivity contribution in [1.29, 1.82) is 5.26 Å². The highest BCUT2D eigenvalue weighted by Crippen LogP contribution is 2.15. The second-order valence-corrected chi connectivity index (χ2v) is 3.50. The van der Waals surface area contributed by atoms with Gasteiger partial charge in [0.15, 0.2) is 6.61 Å². The van der Waals surface area contributed by atoms with Crippen LogP contribution < -0.4 is 5.48 Å². The van der Waals surface area contributed by atoms with E-state index in [1.807, 2.05) is 11.5 Å². The summed E-state index contributed by atoms with van der Waals surface area (Å²) in [5, 5.41) is 18.2. The summed E-state index contributed by atoms with van der Waals surface area (Å²) in [5.74, 6) is 0. The van der Waals surface area contributed by atoms with Crippen molar-refractivity contribution in [3.63, 3.8) is 0 Å². The second kappa shape index (κ2) is 6.35. The van der Waals surface area contributed by atoms with Crippen LogP contribution in [-0.2, 0) is 4.84 Å². The van der Waals surface area contributed by atoms with Crippen LogP contribution in [0.2, 0.25) is 0 Å². The third kappa shape index (κ3) is 5.14. The Kier molecular flexibility index (Phi) is 5.09. The Morgan fingerprint density at radius 3 is 2.44 bits per heavy atom.